The monoisotopic (exact) mass is 303 g/mol. The van der Waals surface area contributed by atoms with Crippen LogP contribution in [-0.2, 0) is 4.74 Å². The highest BCUT2D eigenvalue weighted by molar-refractivity contribution is 5.88. The van der Waals surface area contributed by atoms with Crippen LogP contribution in [0.1, 0.15) is 43.6 Å². The first kappa shape index (κ1) is 16.1. The molecule has 0 radical (unpaired) electrons. The van der Waals surface area contributed by atoms with E-state index in [-0.39, 0.29) is 5.69 Å². The Morgan fingerprint density at radius 3 is 2.82 bits per heavy atom. The second-order valence-corrected chi connectivity index (χ2v) is 4.85. The molecule has 0 aliphatic carbocycles. The number of esters is 1. The number of hydrogen-bond donors (Lipinski definition) is 0. The lowest BCUT2D eigenvalue weighted by molar-refractivity contribution is 0.0514. The first-order valence-corrected chi connectivity index (χ1v) is 7.62. The van der Waals surface area contributed by atoms with Crippen molar-refractivity contribution in [2.45, 2.75) is 33.1 Å². The highest BCUT2D eigenvalue weighted by Crippen LogP contribution is 2.30. The van der Waals surface area contributed by atoms with Crippen molar-refractivity contribution in [1.29, 1.82) is 0 Å². The molecule has 118 valence electrons. The van der Waals surface area contributed by atoms with E-state index in [1.54, 1.807) is 13.0 Å². The van der Waals surface area contributed by atoms with Gasteiger partial charge in [0.05, 0.1) is 18.8 Å². The molecule has 0 aliphatic heterocycles. The first-order valence-electron chi connectivity index (χ1n) is 7.62. The minimum atomic E-state index is -0.487. The van der Waals surface area contributed by atoms with Gasteiger partial charge in [-0.25, -0.2) is 4.79 Å². The van der Waals surface area contributed by atoms with Crippen molar-refractivity contribution < 1.29 is 18.8 Å². The number of para-hydroxylation sites is 1. The first-order chi connectivity index (χ1) is 10.8. The Balaban J connectivity index is 2.13. The molecule has 2 aromatic rings. The van der Waals surface area contributed by atoms with E-state index in [4.69, 9.17) is 14.0 Å². The Labute approximate surface area is 130 Å². The third kappa shape index (κ3) is 4.10. The van der Waals surface area contributed by atoms with Gasteiger partial charge < -0.3 is 14.0 Å². The van der Waals surface area contributed by atoms with E-state index in [0.717, 1.165) is 30.6 Å². The van der Waals surface area contributed by atoms with Crippen LogP contribution in [-0.4, -0.2) is 24.3 Å². The number of hydrogen-bond acceptors (Lipinski definition) is 5. The molecular formula is C17H21NO4. The Kier molecular flexibility index (Phi) is 6.01. The van der Waals surface area contributed by atoms with Crippen LogP contribution in [0.5, 0.6) is 5.75 Å². The maximum atomic E-state index is 11.6. The minimum absolute atomic E-state index is 0.164. The zero-order valence-corrected chi connectivity index (χ0v) is 13.0. The van der Waals surface area contributed by atoms with Gasteiger partial charge in [-0.15, -0.1) is 0 Å². The van der Waals surface area contributed by atoms with Crippen LogP contribution in [0, 0.1) is 0 Å². The van der Waals surface area contributed by atoms with Gasteiger partial charge in [-0.1, -0.05) is 37.1 Å². The van der Waals surface area contributed by atoms with Crippen LogP contribution < -0.4 is 4.74 Å². The van der Waals surface area contributed by atoms with E-state index in [9.17, 15) is 4.79 Å². The lowest BCUT2D eigenvalue weighted by Gasteiger charge is -2.09. The third-order valence-corrected chi connectivity index (χ3v) is 3.15. The molecule has 0 saturated carbocycles. The average Bonchev–Trinajstić information content (AvgIpc) is 3.02. The number of carbonyl (C=O) groups excluding carboxylic acids is 1. The van der Waals surface area contributed by atoms with Crippen molar-refractivity contribution in [3.8, 4) is 17.1 Å². The van der Waals surface area contributed by atoms with Gasteiger partial charge in [0.25, 0.3) is 0 Å². The SMILES string of the molecule is CCCCCOc1ccccc1-c1cc(C(=O)OCC)no1. The molecule has 5 nitrogen and oxygen atoms in total. The molecule has 2 rings (SSSR count). The Morgan fingerprint density at radius 1 is 1.23 bits per heavy atom. The predicted octanol–water partition coefficient (Wildman–Crippen LogP) is 4.09. The van der Waals surface area contributed by atoms with Crippen molar-refractivity contribution in [2.24, 2.45) is 0 Å². The predicted molar refractivity (Wildman–Crippen MR) is 82.9 cm³/mol. The van der Waals surface area contributed by atoms with Gasteiger partial charge in [0.15, 0.2) is 11.5 Å². The van der Waals surface area contributed by atoms with E-state index >= 15 is 0 Å². The fourth-order valence-corrected chi connectivity index (χ4v) is 2.03. The van der Waals surface area contributed by atoms with Crippen LogP contribution in [0.4, 0.5) is 0 Å². The van der Waals surface area contributed by atoms with Gasteiger partial charge >= 0.3 is 5.97 Å². The standard InChI is InChI=1S/C17H21NO4/c1-3-5-8-11-21-15-10-7-6-9-13(15)16-12-14(18-22-16)17(19)20-4-2/h6-7,9-10,12H,3-5,8,11H2,1-2H3. The van der Waals surface area contributed by atoms with Gasteiger partial charge in [0.1, 0.15) is 5.75 Å². The number of rotatable bonds is 8. The summed E-state index contributed by atoms with van der Waals surface area (Å²) in [5.41, 5.74) is 0.944. The molecule has 0 spiro atoms. The fraction of sp³-hybridized carbons (Fsp3) is 0.412. The number of aromatic nitrogens is 1. The third-order valence-electron chi connectivity index (χ3n) is 3.15. The molecule has 5 heteroatoms. The second kappa shape index (κ2) is 8.22. The van der Waals surface area contributed by atoms with Gasteiger partial charge in [-0.05, 0) is 25.5 Å². The van der Waals surface area contributed by atoms with E-state index in [1.807, 2.05) is 24.3 Å². The number of benzene rings is 1. The highest BCUT2D eigenvalue weighted by Gasteiger charge is 2.16. The zero-order chi connectivity index (χ0) is 15.8. The number of nitrogens with zero attached hydrogens (tertiary/aromatic N) is 1. The lowest BCUT2D eigenvalue weighted by Crippen LogP contribution is -2.04. The summed E-state index contributed by atoms with van der Waals surface area (Å²) in [5.74, 6) is 0.734. The molecule has 0 bridgehead atoms. The molecule has 0 unspecified atom stereocenters. The molecular weight excluding hydrogens is 282 g/mol. The molecule has 0 fully saturated rings. The van der Waals surface area contributed by atoms with E-state index < -0.39 is 5.97 Å². The summed E-state index contributed by atoms with van der Waals surface area (Å²) in [6.45, 7) is 4.86. The molecule has 0 aliphatic rings. The molecule has 0 amide bonds. The molecule has 1 heterocycles. The smallest absolute Gasteiger partial charge is 0.360 e. The average molecular weight is 303 g/mol. The number of ether oxygens (including phenoxy) is 2. The van der Waals surface area contributed by atoms with Gasteiger partial charge in [-0.2, -0.15) is 0 Å². The van der Waals surface area contributed by atoms with Crippen molar-refractivity contribution >= 4 is 5.97 Å². The van der Waals surface area contributed by atoms with E-state index in [2.05, 4.69) is 12.1 Å². The quantitative estimate of drug-likeness (QED) is 0.543. The summed E-state index contributed by atoms with van der Waals surface area (Å²) >= 11 is 0. The van der Waals surface area contributed by atoms with Crippen LogP contribution in [0.2, 0.25) is 0 Å². The summed E-state index contributed by atoms with van der Waals surface area (Å²) in [7, 11) is 0. The maximum absolute atomic E-state index is 11.6. The molecule has 0 atom stereocenters. The largest absolute Gasteiger partial charge is 0.493 e. The molecule has 1 aromatic heterocycles. The Morgan fingerprint density at radius 2 is 2.05 bits per heavy atom. The minimum Gasteiger partial charge on any atom is -0.493 e. The molecule has 0 N–H and O–H groups in total. The summed E-state index contributed by atoms with van der Waals surface area (Å²) in [5, 5.41) is 3.76. The topological polar surface area (TPSA) is 61.6 Å². The van der Waals surface area contributed by atoms with Crippen molar-refractivity contribution in [1.82, 2.24) is 5.16 Å². The fourth-order valence-electron chi connectivity index (χ4n) is 2.03. The van der Waals surface area contributed by atoms with E-state index in [0.29, 0.717) is 19.0 Å². The maximum Gasteiger partial charge on any atom is 0.360 e. The van der Waals surface area contributed by atoms with Gasteiger partial charge in [0, 0.05) is 6.07 Å². The highest BCUT2D eigenvalue weighted by atomic mass is 16.5. The van der Waals surface area contributed by atoms with Crippen LogP contribution >= 0.6 is 0 Å². The second-order valence-electron chi connectivity index (χ2n) is 4.85. The Bertz CT molecular complexity index is 606. The number of unbranched alkanes of at least 4 members (excludes halogenated alkanes) is 2. The summed E-state index contributed by atoms with van der Waals surface area (Å²) in [6, 6.07) is 9.13. The van der Waals surface area contributed by atoms with Gasteiger partial charge in [-0.3, -0.25) is 0 Å². The zero-order valence-electron chi connectivity index (χ0n) is 13.0. The lowest BCUT2D eigenvalue weighted by atomic mass is 10.1. The molecule has 0 saturated heterocycles. The van der Waals surface area contributed by atoms with Crippen LogP contribution in [0.25, 0.3) is 11.3 Å². The van der Waals surface area contributed by atoms with Crippen LogP contribution in [0.15, 0.2) is 34.9 Å². The van der Waals surface area contributed by atoms with Crippen LogP contribution in [0.3, 0.4) is 0 Å². The normalized spacial score (nSPS) is 10.5. The van der Waals surface area contributed by atoms with Crippen molar-refractivity contribution in [3.05, 3.63) is 36.0 Å². The molecule has 22 heavy (non-hydrogen) atoms. The summed E-state index contributed by atoms with van der Waals surface area (Å²) in [4.78, 5) is 11.6. The summed E-state index contributed by atoms with van der Waals surface area (Å²) in [6.07, 6.45) is 3.29. The van der Waals surface area contributed by atoms with Crippen molar-refractivity contribution in [3.63, 3.8) is 0 Å². The Hall–Kier alpha value is -2.30. The van der Waals surface area contributed by atoms with Gasteiger partial charge in [0.2, 0.25) is 0 Å². The number of carbonyl (C=O) groups is 1. The molecule has 1 aromatic carbocycles. The van der Waals surface area contributed by atoms with Crippen molar-refractivity contribution in [2.75, 3.05) is 13.2 Å². The summed E-state index contributed by atoms with van der Waals surface area (Å²) < 4.78 is 16.0. The van der Waals surface area contributed by atoms with E-state index in [1.165, 1.54) is 0 Å².